The van der Waals surface area contributed by atoms with E-state index in [9.17, 15) is 0 Å². The summed E-state index contributed by atoms with van der Waals surface area (Å²) in [4.78, 5) is 0. The highest BCUT2D eigenvalue weighted by Crippen LogP contribution is 2.53. The van der Waals surface area contributed by atoms with Gasteiger partial charge in [-0.2, -0.15) is 0 Å². The molecule has 0 aromatic heterocycles. The van der Waals surface area contributed by atoms with E-state index in [4.69, 9.17) is 0 Å². The minimum Gasteiger partial charge on any atom is -0.380 e. The molecule has 2 saturated carbocycles. The van der Waals surface area contributed by atoms with Gasteiger partial charge in [-0.05, 0) is 75.1 Å². The Kier molecular flexibility index (Phi) is 3.72. The second-order valence-electron chi connectivity index (χ2n) is 5.76. The Hall–Kier alpha value is -0.0200. The van der Waals surface area contributed by atoms with E-state index in [0.717, 1.165) is 8.95 Å². The molecule has 3 rings (SSSR count). The van der Waals surface area contributed by atoms with Gasteiger partial charge in [0.05, 0.1) is 5.69 Å². The molecule has 18 heavy (non-hydrogen) atoms. The Morgan fingerprint density at radius 2 is 1.67 bits per heavy atom. The number of benzene rings is 1. The summed E-state index contributed by atoms with van der Waals surface area (Å²) in [6.45, 7) is 0. The van der Waals surface area contributed by atoms with Crippen molar-refractivity contribution < 1.29 is 0 Å². The number of nitrogens with one attached hydrogen (secondary N) is 1. The Balaban J connectivity index is 1.77. The highest BCUT2D eigenvalue weighted by molar-refractivity contribution is 9.11. The van der Waals surface area contributed by atoms with E-state index in [1.165, 1.54) is 50.6 Å². The third-order valence-electron chi connectivity index (χ3n) is 4.80. The maximum absolute atomic E-state index is 3.78. The lowest BCUT2D eigenvalue weighted by Gasteiger charge is -2.53. The third kappa shape index (κ3) is 2.24. The summed E-state index contributed by atoms with van der Waals surface area (Å²) in [7, 11) is 0. The largest absolute Gasteiger partial charge is 0.380 e. The summed E-state index contributed by atoms with van der Waals surface area (Å²) in [5.41, 5.74) is 1.83. The quantitative estimate of drug-likeness (QED) is 0.698. The van der Waals surface area contributed by atoms with Gasteiger partial charge in [0.25, 0.3) is 0 Å². The first-order valence-electron chi connectivity index (χ1n) is 6.92. The Morgan fingerprint density at radius 1 is 1.00 bits per heavy atom. The molecular weight excluding hydrogens is 354 g/mol. The van der Waals surface area contributed by atoms with Crippen LogP contribution in [0.2, 0.25) is 0 Å². The van der Waals surface area contributed by atoms with Gasteiger partial charge in [0.15, 0.2) is 0 Å². The molecule has 1 aromatic rings. The van der Waals surface area contributed by atoms with Crippen LogP contribution < -0.4 is 5.32 Å². The second kappa shape index (κ2) is 5.16. The molecule has 0 radical (unpaired) electrons. The summed E-state index contributed by atoms with van der Waals surface area (Å²) in [5, 5.41) is 3.78. The van der Waals surface area contributed by atoms with Crippen molar-refractivity contribution in [2.75, 3.05) is 5.32 Å². The van der Waals surface area contributed by atoms with E-state index < -0.39 is 0 Å². The van der Waals surface area contributed by atoms with Crippen LogP contribution in [0, 0.1) is 5.41 Å². The first-order valence-corrected chi connectivity index (χ1v) is 8.50. The lowest BCUT2D eigenvalue weighted by molar-refractivity contribution is 0.0571. The molecule has 2 aliphatic carbocycles. The van der Waals surface area contributed by atoms with Crippen LogP contribution in [0.1, 0.15) is 44.9 Å². The smallest absolute Gasteiger partial charge is 0.0631 e. The average Bonchev–Trinajstić information content (AvgIpc) is 2.38. The topological polar surface area (TPSA) is 12.0 Å². The standard InChI is InChI=1S/C15H19Br2N/c16-11-5-4-6-12(17)14(11)18-13-7-10-15(13)8-2-1-3-9-15/h4-6,13,18H,1-3,7-10H2. The molecule has 1 unspecified atom stereocenters. The van der Waals surface area contributed by atoms with E-state index in [1.54, 1.807) is 0 Å². The fourth-order valence-electron chi connectivity index (χ4n) is 3.59. The molecule has 1 nitrogen and oxygen atoms in total. The van der Waals surface area contributed by atoms with Crippen molar-refractivity contribution >= 4 is 37.5 Å². The molecule has 0 saturated heterocycles. The van der Waals surface area contributed by atoms with E-state index in [-0.39, 0.29) is 0 Å². The molecule has 3 heteroatoms. The fourth-order valence-corrected chi connectivity index (χ4v) is 4.81. The second-order valence-corrected chi connectivity index (χ2v) is 7.46. The van der Waals surface area contributed by atoms with Crippen molar-refractivity contribution in [1.82, 2.24) is 0 Å². The van der Waals surface area contributed by atoms with Crippen LogP contribution in [0.5, 0.6) is 0 Å². The van der Waals surface area contributed by atoms with Gasteiger partial charge in [-0.3, -0.25) is 0 Å². The average molecular weight is 373 g/mol. The molecule has 1 N–H and O–H groups in total. The molecule has 0 heterocycles. The summed E-state index contributed by atoms with van der Waals surface area (Å²) in [6, 6.07) is 6.96. The van der Waals surface area contributed by atoms with E-state index >= 15 is 0 Å². The van der Waals surface area contributed by atoms with Gasteiger partial charge in [0.1, 0.15) is 0 Å². The zero-order chi connectivity index (χ0) is 12.6. The van der Waals surface area contributed by atoms with Gasteiger partial charge in [-0.25, -0.2) is 0 Å². The number of para-hydroxylation sites is 1. The van der Waals surface area contributed by atoms with Crippen LogP contribution in [0.15, 0.2) is 27.1 Å². The van der Waals surface area contributed by atoms with E-state index in [2.05, 4.69) is 55.4 Å². The molecule has 1 aromatic carbocycles. The van der Waals surface area contributed by atoms with E-state index in [1.807, 2.05) is 0 Å². The Bertz CT molecular complexity index is 418. The van der Waals surface area contributed by atoms with Crippen LogP contribution in [0.4, 0.5) is 5.69 Å². The van der Waals surface area contributed by atoms with Crippen molar-refractivity contribution in [2.24, 2.45) is 5.41 Å². The molecule has 0 aliphatic heterocycles. The first-order chi connectivity index (χ1) is 8.71. The number of halogens is 2. The number of anilines is 1. The summed E-state index contributed by atoms with van der Waals surface area (Å²) >= 11 is 7.30. The molecule has 0 amide bonds. The van der Waals surface area contributed by atoms with Crippen LogP contribution in [-0.4, -0.2) is 6.04 Å². The molecule has 2 aliphatic rings. The van der Waals surface area contributed by atoms with Crippen molar-refractivity contribution in [3.8, 4) is 0 Å². The van der Waals surface area contributed by atoms with Gasteiger partial charge in [-0.15, -0.1) is 0 Å². The Labute approximate surface area is 126 Å². The zero-order valence-electron chi connectivity index (χ0n) is 10.5. The first kappa shape index (κ1) is 13.0. The van der Waals surface area contributed by atoms with Crippen molar-refractivity contribution in [3.05, 3.63) is 27.1 Å². The van der Waals surface area contributed by atoms with Crippen molar-refractivity contribution in [3.63, 3.8) is 0 Å². The third-order valence-corrected chi connectivity index (χ3v) is 6.12. The van der Waals surface area contributed by atoms with Crippen LogP contribution in [0.3, 0.4) is 0 Å². The Morgan fingerprint density at radius 3 is 2.22 bits per heavy atom. The van der Waals surface area contributed by atoms with Gasteiger partial charge in [-0.1, -0.05) is 25.3 Å². The zero-order valence-corrected chi connectivity index (χ0v) is 13.7. The highest BCUT2D eigenvalue weighted by atomic mass is 79.9. The monoisotopic (exact) mass is 371 g/mol. The predicted molar refractivity (Wildman–Crippen MR) is 84.0 cm³/mol. The van der Waals surface area contributed by atoms with Gasteiger partial charge in [0, 0.05) is 15.0 Å². The number of hydrogen-bond donors (Lipinski definition) is 1. The van der Waals surface area contributed by atoms with Crippen LogP contribution in [-0.2, 0) is 0 Å². The molecular formula is C15H19Br2N. The molecule has 0 bridgehead atoms. The highest BCUT2D eigenvalue weighted by Gasteiger charge is 2.46. The predicted octanol–water partition coefficient (Wildman–Crippen LogP) is 5.74. The normalized spacial score (nSPS) is 25.8. The lowest BCUT2D eigenvalue weighted by Crippen LogP contribution is -2.50. The molecule has 1 spiro atoms. The van der Waals surface area contributed by atoms with Gasteiger partial charge in [0.2, 0.25) is 0 Å². The maximum atomic E-state index is 3.78. The van der Waals surface area contributed by atoms with Crippen molar-refractivity contribution in [2.45, 2.75) is 51.0 Å². The SMILES string of the molecule is Brc1cccc(Br)c1NC1CCC12CCCCC2. The summed E-state index contributed by atoms with van der Waals surface area (Å²) < 4.78 is 2.32. The molecule has 1 atom stereocenters. The lowest BCUT2D eigenvalue weighted by atomic mass is 9.57. The maximum Gasteiger partial charge on any atom is 0.0631 e. The molecule has 98 valence electrons. The van der Waals surface area contributed by atoms with Crippen molar-refractivity contribution in [1.29, 1.82) is 0 Å². The minimum absolute atomic E-state index is 0.604. The van der Waals surface area contributed by atoms with Gasteiger partial charge >= 0.3 is 0 Å². The van der Waals surface area contributed by atoms with Gasteiger partial charge < -0.3 is 5.32 Å². The number of rotatable bonds is 2. The van der Waals surface area contributed by atoms with Crippen LogP contribution >= 0.6 is 31.9 Å². The molecule has 2 fully saturated rings. The van der Waals surface area contributed by atoms with E-state index in [0.29, 0.717) is 11.5 Å². The minimum atomic E-state index is 0.604. The summed E-state index contributed by atoms with van der Waals surface area (Å²) in [6.07, 6.45) is 9.89. The summed E-state index contributed by atoms with van der Waals surface area (Å²) in [5.74, 6) is 0. The van der Waals surface area contributed by atoms with Crippen LogP contribution in [0.25, 0.3) is 0 Å². The fraction of sp³-hybridized carbons (Fsp3) is 0.600. The number of hydrogen-bond acceptors (Lipinski definition) is 1.